The number of fused-ring (bicyclic) bond motifs is 3. The molecule has 0 amide bonds. The van der Waals surface area contributed by atoms with Gasteiger partial charge in [-0.15, -0.1) is 22.7 Å². The van der Waals surface area contributed by atoms with Gasteiger partial charge < -0.3 is 9.67 Å². The number of thiophene rings is 2. The molecule has 0 unspecified atom stereocenters. The van der Waals surface area contributed by atoms with Gasteiger partial charge in [-0.3, -0.25) is 4.79 Å². The third-order valence-electron chi connectivity index (χ3n) is 8.69. The van der Waals surface area contributed by atoms with Crippen molar-refractivity contribution in [2.24, 2.45) is 5.41 Å². The van der Waals surface area contributed by atoms with Crippen molar-refractivity contribution in [3.63, 3.8) is 0 Å². The second kappa shape index (κ2) is 15.0. The first-order chi connectivity index (χ1) is 21.7. The van der Waals surface area contributed by atoms with Crippen LogP contribution >= 0.6 is 22.7 Å². The van der Waals surface area contributed by atoms with Crippen LogP contribution in [0.2, 0.25) is 0 Å². The Balaban J connectivity index is 1.52. The molecular formula is C40H49NO2S2. The van der Waals surface area contributed by atoms with Gasteiger partial charge in [0.25, 0.3) is 0 Å². The number of allylic oxidation sites excluding steroid dienone is 2. The lowest BCUT2D eigenvalue weighted by molar-refractivity contribution is -0.115. The molecule has 45 heavy (non-hydrogen) atoms. The number of nitrogens with zero attached hydrogens (tertiary/aromatic N) is 1. The lowest BCUT2D eigenvalue weighted by Gasteiger charge is -2.17. The minimum atomic E-state index is -0.467. The second-order valence-electron chi connectivity index (χ2n) is 13.4. The molecule has 3 nitrogen and oxygen atoms in total. The normalized spacial score (nSPS) is 12.5. The summed E-state index contributed by atoms with van der Waals surface area (Å²) in [5.74, 6) is 0.00977. The number of unbranched alkanes of at least 4 members (excludes halogenated alkanes) is 6. The molecule has 238 valence electrons. The van der Waals surface area contributed by atoms with Crippen molar-refractivity contribution in [1.29, 1.82) is 0 Å². The fourth-order valence-corrected chi connectivity index (χ4v) is 8.03. The van der Waals surface area contributed by atoms with Crippen molar-refractivity contribution in [3.05, 3.63) is 82.3 Å². The standard InChI is InChI=1S/C40H49NO2S2/c1-6-8-10-12-14-31-18-22-37(44-31)28-16-20-35-33(24-28)34-25-29(38-23-19-32(45-38)15-13-11-9-7-2)17-21-36(34)41(35)27-30(42)26-39(43)40(3,4)5/h16-26,43H,6-15,27H2,1-5H3/b39-26-. The van der Waals surface area contributed by atoms with Crippen LogP contribution in [0.15, 0.2) is 72.5 Å². The van der Waals surface area contributed by atoms with Crippen molar-refractivity contribution < 1.29 is 9.90 Å². The number of aliphatic hydroxyl groups excluding tert-OH is 1. The van der Waals surface area contributed by atoms with Crippen LogP contribution in [-0.4, -0.2) is 15.5 Å². The Labute approximate surface area is 277 Å². The fraction of sp³-hybridized carbons (Fsp3) is 0.425. The molecule has 0 aliphatic carbocycles. The fourth-order valence-electron chi connectivity index (χ4n) is 5.94. The first-order valence-electron chi connectivity index (χ1n) is 16.9. The summed E-state index contributed by atoms with van der Waals surface area (Å²) in [5, 5.41) is 12.9. The minimum Gasteiger partial charge on any atom is -0.512 e. The van der Waals surface area contributed by atoms with E-state index in [9.17, 15) is 9.90 Å². The van der Waals surface area contributed by atoms with E-state index in [0.29, 0.717) is 0 Å². The third kappa shape index (κ3) is 8.17. The molecule has 0 radical (unpaired) electrons. The van der Waals surface area contributed by atoms with E-state index >= 15 is 0 Å². The van der Waals surface area contributed by atoms with Gasteiger partial charge in [0, 0.05) is 52.8 Å². The van der Waals surface area contributed by atoms with E-state index in [1.165, 1.54) is 88.1 Å². The van der Waals surface area contributed by atoms with Crippen molar-refractivity contribution in [2.75, 3.05) is 0 Å². The zero-order valence-corrected chi connectivity index (χ0v) is 29.4. The van der Waals surface area contributed by atoms with E-state index < -0.39 is 5.41 Å². The molecule has 2 aromatic carbocycles. The summed E-state index contributed by atoms with van der Waals surface area (Å²) in [6.07, 6.45) is 13.9. The summed E-state index contributed by atoms with van der Waals surface area (Å²) < 4.78 is 2.12. The summed E-state index contributed by atoms with van der Waals surface area (Å²) in [6, 6.07) is 22.5. The number of aromatic nitrogens is 1. The predicted octanol–water partition coefficient (Wildman–Crippen LogP) is 12.6. The van der Waals surface area contributed by atoms with Crippen LogP contribution in [-0.2, 0) is 24.2 Å². The van der Waals surface area contributed by atoms with Crippen LogP contribution in [0.1, 0.15) is 95.7 Å². The Kier molecular flexibility index (Phi) is 11.0. The van der Waals surface area contributed by atoms with Crippen LogP contribution in [0.5, 0.6) is 0 Å². The zero-order valence-electron chi connectivity index (χ0n) is 27.7. The summed E-state index contributed by atoms with van der Waals surface area (Å²) in [4.78, 5) is 18.7. The van der Waals surface area contributed by atoms with E-state index in [4.69, 9.17) is 0 Å². The maximum Gasteiger partial charge on any atom is 0.178 e. The van der Waals surface area contributed by atoms with E-state index in [-0.39, 0.29) is 18.1 Å². The largest absolute Gasteiger partial charge is 0.512 e. The lowest BCUT2D eigenvalue weighted by atomic mass is 9.93. The summed E-state index contributed by atoms with van der Waals surface area (Å²) in [5.41, 5.74) is 4.06. The van der Waals surface area contributed by atoms with Crippen molar-refractivity contribution in [3.8, 4) is 20.9 Å². The van der Waals surface area contributed by atoms with E-state index in [1.807, 2.05) is 43.4 Å². The van der Waals surface area contributed by atoms with Crippen molar-refractivity contribution in [1.82, 2.24) is 4.57 Å². The lowest BCUT2D eigenvalue weighted by Crippen LogP contribution is -2.13. The number of rotatable bonds is 15. The number of ketones is 1. The highest BCUT2D eigenvalue weighted by atomic mass is 32.1. The van der Waals surface area contributed by atoms with Gasteiger partial charge in [-0.05, 0) is 85.3 Å². The number of hydrogen-bond donors (Lipinski definition) is 1. The predicted molar refractivity (Wildman–Crippen MR) is 197 cm³/mol. The average molecular weight is 640 g/mol. The Morgan fingerprint density at radius 2 is 1.20 bits per heavy atom. The Hall–Kier alpha value is -3.15. The van der Waals surface area contributed by atoms with Crippen LogP contribution < -0.4 is 0 Å². The molecule has 5 aromatic rings. The van der Waals surface area contributed by atoms with Gasteiger partial charge in [-0.1, -0.05) is 85.3 Å². The second-order valence-corrected chi connectivity index (χ2v) is 15.8. The Bertz CT molecular complexity index is 1670. The van der Waals surface area contributed by atoms with Crippen LogP contribution in [0, 0.1) is 5.41 Å². The van der Waals surface area contributed by atoms with Crippen LogP contribution in [0.4, 0.5) is 0 Å². The maximum absolute atomic E-state index is 13.2. The molecule has 0 spiro atoms. The smallest absolute Gasteiger partial charge is 0.178 e. The summed E-state index contributed by atoms with van der Waals surface area (Å²) in [7, 11) is 0. The first-order valence-corrected chi connectivity index (χ1v) is 18.5. The SMILES string of the molecule is CCCCCCc1ccc(-c2ccc3c(c2)c2cc(-c4ccc(CCCCCC)s4)ccc2n3CC(=O)/C=C(\O)C(C)(C)C)s1. The number of aliphatic hydroxyl groups is 1. The molecule has 5 heteroatoms. The molecule has 0 atom stereocenters. The third-order valence-corrected chi connectivity index (χ3v) is 11.1. The molecule has 0 fully saturated rings. The van der Waals surface area contributed by atoms with E-state index in [0.717, 1.165) is 34.6 Å². The van der Waals surface area contributed by atoms with Gasteiger partial charge in [-0.2, -0.15) is 0 Å². The van der Waals surface area contributed by atoms with Gasteiger partial charge in [-0.25, -0.2) is 0 Å². The quantitative estimate of drug-likeness (QED) is 0.0703. The summed E-state index contributed by atoms with van der Waals surface area (Å²) in [6.45, 7) is 10.4. The Morgan fingerprint density at radius 1 is 0.711 bits per heavy atom. The Morgan fingerprint density at radius 3 is 1.64 bits per heavy atom. The molecule has 3 heterocycles. The highest BCUT2D eigenvalue weighted by molar-refractivity contribution is 7.15. The maximum atomic E-state index is 13.2. The number of carbonyl (C=O) groups is 1. The number of carbonyl (C=O) groups excluding carboxylic acids is 1. The minimum absolute atomic E-state index is 0.105. The molecule has 0 bridgehead atoms. The molecule has 0 aliphatic heterocycles. The van der Waals surface area contributed by atoms with E-state index in [1.54, 1.807) is 0 Å². The summed E-state index contributed by atoms with van der Waals surface area (Å²) >= 11 is 3.80. The van der Waals surface area contributed by atoms with E-state index in [2.05, 4.69) is 79.1 Å². The highest BCUT2D eigenvalue weighted by Crippen LogP contribution is 2.38. The van der Waals surface area contributed by atoms with Gasteiger partial charge in [0.15, 0.2) is 5.78 Å². The molecule has 1 N–H and O–H groups in total. The average Bonchev–Trinajstić information content (AvgIpc) is 3.75. The number of aryl methyl sites for hydroxylation is 2. The van der Waals surface area contributed by atoms with Gasteiger partial charge in [0.2, 0.25) is 0 Å². The van der Waals surface area contributed by atoms with Crippen LogP contribution in [0.3, 0.4) is 0 Å². The van der Waals surface area contributed by atoms with Gasteiger partial charge in [0.1, 0.15) is 5.76 Å². The number of benzene rings is 2. The van der Waals surface area contributed by atoms with Crippen molar-refractivity contribution in [2.45, 2.75) is 105 Å². The molecule has 3 aromatic heterocycles. The molecule has 0 saturated heterocycles. The highest BCUT2D eigenvalue weighted by Gasteiger charge is 2.19. The monoisotopic (exact) mass is 639 g/mol. The van der Waals surface area contributed by atoms with Gasteiger partial charge in [0.05, 0.1) is 6.54 Å². The number of hydrogen-bond acceptors (Lipinski definition) is 4. The van der Waals surface area contributed by atoms with Crippen LogP contribution in [0.25, 0.3) is 42.7 Å². The van der Waals surface area contributed by atoms with Crippen molar-refractivity contribution >= 4 is 50.3 Å². The van der Waals surface area contributed by atoms with Gasteiger partial charge >= 0.3 is 0 Å². The molecular weight excluding hydrogens is 591 g/mol. The topological polar surface area (TPSA) is 42.2 Å². The molecule has 0 aliphatic rings. The molecule has 5 rings (SSSR count). The first kappa shape index (κ1) is 33.2. The molecule has 0 saturated carbocycles. The zero-order chi connectivity index (χ0) is 32.0.